The van der Waals surface area contributed by atoms with Crippen molar-refractivity contribution in [3.8, 4) is 11.4 Å². The fourth-order valence-electron chi connectivity index (χ4n) is 3.17. The SMILES string of the molecule is Oc1cccc(-n2c(CC3CCCCO3)nc3cccnc32)c1. The molecule has 1 atom stereocenters. The Balaban J connectivity index is 1.81. The molecule has 1 fully saturated rings. The molecule has 1 saturated heterocycles. The molecule has 4 rings (SSSR count). The fraction of sp³-hybridized carbons (Fsp3) is 0.333. The number of pyridine rings is 1. The van der Waals surface area contributed by atoms with Gasteiger partial charge in [0.15, 0.2) is 5.65 Å². The van der Waals surface area contributed by atoms with Gasteiger partial charge >= 0.3 is 0 Å². The van der Waals surface area contributed by atoms with Crippen LogP contribution in [0, 0.1) is 0 Å². The molecule has 1 unspecified atom stereocenters. The van der Waals surface area contributed by atoms with E-state index in [1.54, 1.807) is 18.3 Å². The smallest absolute Gasteiger partial charge is 0.164 e. The maximum Gasteiger partial charge on any atom is 0.164 e. The summed E-state index contributed by atoms with van der Waals surface area (Å²) in [7, 11) is 0. The van der Waals surface area contributed by atoms with Crippen molar-refractivity contribution in [3.05, 3.63) is 48.4 Å². The highest BCUT2D eigenvalue weighted by Crippen LogP contribution is 2.25. The molecule has 23 heavy (non-hydrogen) atoms. The fourth-order valence-corrected chi connectivity index (χ4v) is 3.17. The normalized spacial score (nSPS) is 18.3. The van der Waals surface area contributed by atoms with Crippen LogP contribution in [0.2, 0.25) is 0 Å². The van der Waals surface area contributed by atoms with Gasteiger partial charge in [0.2, 0.25) is 0 Å². The Morgan fingerprint density at radius 2 is 2.17 bits per heavy atom. The Morgan fingerprint density at radius 3 is 3.00 bits per heavy atom. The van der Waals surface area contributed by atoms with Crippen molar-refractivity contribution in [2.45, 2.75) is 31.8 Å². The lowest BCUT2D eigenvalue weighted by atomic mass is 10.1. The summed E-state index contributed by atoms with van der Waals surface area (Å²) in [6.45, 7) is 0.829. The van der Waals surface area contributed by atoms with E-state index in [0.29, 0.717) is 0 Å². The number of aromatic nitrogens is 3. The Labute approximate surface area is 134 Å². The van der Waals surface area contributed by atoms with Crippen molar-refractivity contribution in [2.24, 2.45) is 0 Å². The van der Waals surface area contributed by atoms with E-state index in [4.69, 9.17) is 9.72 Å². The standard InChI is InChI=1S/C18H19N3O2/c22-14-6-3-5-13(11-14)21-17(12-15-7-1-2-10-23-15)20-16-8-4-9-19-18(16)21/h3-6,8-9,11,15,22H,1-2,7,10,12H2. The van der Waals surface area contributed by atoms with Crippen molar-refractivity contribution in [1.29, 1.82) is 0 Å². The highest BCUT2D eigenvalue weighted by Gasteiger charge is 2.20. The molecule has 0 aliphatic carbocycles. The number of phenols is 1. The molecule has 1 aliphatic heterocycles. The molecule has 0 radical (unpaired) electrons. The Hall–Kier alpha value is -2.40. The largest absolute Gasteiger partial charge is 0.508 e. The van der Waals surface area contributed by atoms with E-state index in [2.05, 4.69) is 4.98 Å². The first-order chi connectivity index (χ1) is 11.3. The first-order valence-corrected chi connectivity index (χ1v) is 8.04. The van der Waals surface area contributed by atoms with Crippen molar-refractivity contribution >= 4 is 11.2 Å². The second-order valence-electron chi connectivity index (χ2n) is 5.92. The Kier molecular flexibility index (Phi) is 3.71. The molecule has 1 aliphatic rings. The number of ether oxygens (including phenoxy) is 1. The molecule has 3 aromatic rings. The van der Waals surface area contributed by atoms with Gasteiger partial charge in [0.05, 0.1) is 11.8 Å². The molecule has 0 bridgehead atoms. The van der Waals surface area contributed by atoms with Gasteiger partial charge < -0.3 is 9.84 Å². The van der Waals surface area contributed by atoms with Gasteiger partial charge in [-0.3, -0.25) is 4.57 Å². The van der Waals surface area contributed by atoms with Gasteiger partial charge in [0, 0.05) is 25.3 Å². The lowest BCUT2D eigenvalue weighted by molar-refractivity contribution is 0.0155. The molecule has 0 spiro atoms. The van der Waals surface area contributed by atoms with Gasteiger partial charge in [-0.1, -0.05) is 6.07 Å². The summed E-state index contributed by atoms with van der Waals surface area (Å²) in [6, 6.07) is 11.1. The predicted molar refractivity (Wildman–Crippen MR) is 87.8 cm³/mol. The van der Waals surface area contributed by atoms with Crippen LogP contribution in [0.4, 0.5) is 0 Å². The number of rotatable bonds is 3. The van der Waals surface area contributed by atoms with Crippen molar-refractivity contribution < 1.29 is 9.84 Å². The van der Waals surface area contributed by atoms with Crippen molar-refractivity contribution in [1.82, 2.24) is 14.5 Å². The van der Waals surface area contributed by atoms with E-state index in [1.807, 2.05) is 28.8 Å². The maximum atomic E-state index is 9.82. The topological polar surface area (TPSA) is 60.2 Å². The lowest BCUT2D eigenvalue weighted by Crippen LogP contribution is -2.23. The highest BCUT2D eigenvalue weighted by atomic mass is 16.5. The number of aromatic hydroxyl groups is 1. The molecule has 3 heterocycles. The van der Waals surface area contributed by atoms with Crippen LogP contribution in [0.1, 0.15) is 25.1 Å². The minimum absolute atomic E-state index is 0.205. The molecule has 1 aromatic carbocycles. The van der Waals surface area contributed by atoms with Crippen LogP contribution in [0.3, 0.4) is 0 Å². The van der Waals surface area contributed by atoms with Gasteiger partial charge in [0.1, 0.15) is 17.1 Å². The van der Waals surface area contributed by atoms with E-state index in [1.165, 1.54) is 6.42 Å². The summed E-state index contributed by atoms with van der Waals surface area (Å²) >= 11 is 0. The summed E-state index contributed by atoms with van der Waals surface area (Å²) in [5.74, 6) is 1.16. The van der Waals surface area contributed by atoms with Gasteiger partial charge in [-0.05, 0) is 43.5 Å². The molecule has 2 aromatic heterocycles. The van der Waals surface area contributed by atoms with Crippen LogP contribution in [-0.4, -0.2) is 32.4 Å². The minimum atomic E-state index is 0.205. The molecule has 0 saturated carbocycles. The third kappa shape index (κ3) is 2.80. The molecular formula is C18H19N3O2. The first-order valence-electron chi connectivity index (χ1n) is 8.04. The Morgan fingerprint density at radius 1 is 1.22 bits per heavy atom. The molecule has 5 heteroatoms. The molecular weight excluding hydrogens is 290 g/mol. The number of benzene rings is 1. The maximum absolute atomic E-state index is 9.82. The summed E-state index contributed by atoms with van der Waals surface area (Å²) in [5, 5.41) is 9.82. The average molecular weight is 309 g/mol. The van der Waals surface area contributed by atoms with Gasteiger partial charge in [-0.25, -0.2) is 9.97 Å². The highest BCUT2D eigenvalue weighted by molar-refractivity contribution is 5.74. The van der Waals surface area contributed by atoms with Crippen LogP contribution in [-0.2, 0) is 11.2 Å². The zero-order valence-corrected chi connectivity index (χ0v) is 12.9. The van der Waals surface area contributed by atoms with E-state index in [9.17, 15) is 5.11 Å². The van der Waals surface area contributed by atoms with Crippen LogP contribution < -0.4 is 0 Å². The molecule has 0 amide bonds. The quantitative estimate of drug-likeness (QED) is 0.807. The summed E-state index contributed by atoms with van der Waals surface area (Å²) in [6.07, 6.45) is 6.14. The monoisotopic (exact) mass is 309 g/mol. The van der Waals surface area contributed by atoms with Crippen molar-refractivity contribution in [3.63, 3.8) is 0 Å². The van der Waals surface area contributed by atoms with E-state index < -0.39 is 0 Å². The number of imidazole rings is 1. The number of hydrogen-bond donors (Lipinski definition) is 1. The third-order valence-electron chi connectivity index (χ3n) is 4.26. The molecule has 1 N–H and O–H groups in total. The van der Waals surface area contributed by atoms with Crippen LogP contribution >= 0.6 is 0 Å². The Bertz CT molecular complexity index is 822. The van der Waals surface area contributed by atoms with Crippen LogP contribution in [0.25, 0.3) is 16.9 Å². The predicted octanol–water partition coefficient (Wildman–Crippen LogP) is 3.24. The van der Waals surface area contributed by atoms with E-state index >= 15 is 0 Å². The zero-order chi connectivity index (χ0) is 15.6. The van der Waals surface area contributed by atoms with E-state index in [-0.39, 0.29) is 11.9 Å². The lowest BCUT2D eigenvalue weighted by Gasteiger charge is -2.22. The number of hydrogen-bond acceptors (Lipinski definition) is 4. The molecule has 5 nitrogen and oxygen atoms in total. The summed E-state index contributed by atoms with van der Waals surface area (Å²) in [5.41, 5.74) is 2.54. The summed E-state index contributed by atoms with van der Waals surface area (Å²) < 4.78 is 7.89. The van der Waals surface area contributed by atoms with Gasteiger partial charge in [-0.15, -0.1) is 0 Å². The minimum Gasteiger partial charge on any atom is -0.508 e. The second kappa shape index (κ2) is 6.01. The van der Waals surface area contributed by atoms with Gasteiger partial charge in [0.25, 0.3) is 0 Å². The van der Waals surface area contributed by atoms with E-state index in [0.717, 1.165) is 48.5 Å². The van der Waals surface area contributed by atoms with Crippen molar-refractivity contribution in [2.75, 3.05) is 6.61 Å². The van der Waals surface area contributed by atoms with Crippen LogP contribution in [0.15, 0.2) is 42.6 Å². The number of fused-ring (bicyclic) bond motifs is 1. The number of nitrogens with zero attached hydrogens (tertiary/aromatic N) is 3. The third-order valence-corrected chi connectivity index (χ3v) is 4.26. The number of phenolic OH excluding ortho intramolecular Hbond substituents is 1. The zero-order valence-electron chi connectivity index (χ0n) is 12.9. The summed E-state index contributed by atoms with van der Waals surface area (Å²) in [4.78, 5) is 9.23. The second-order valence-corrected chi connectivity index (χ2v) is 5.92. The molecule has 118 valence electrons. The average Bonchev–Trinajstić information content (AvgIpc) is 2.93. The first kappa shape index (κ1) is 14.2. The van der Waals surface area contributed by atoms with Crippen LogP contribution in [0.5, 0.6) is 5.75 Å². The van der Waals surface area contributed by atoms with Gasteiger partial charge in [-0.2, -0.15) is 0 Å².